The Morgan fingerprint density at radius 2 is 1.87 bits per heavy atom. The topological polar surface area (TPSA) is 115 Å². The summed E-state index contributed by atoms with van der Waals surface area (Å²) in [5.41, 5.74) is 0.866. The molecule has 0 fully saturated rings. The van der Waals surface area contributed by atoms with E-state index in [1.54, 1.807) is 26.4 Å². The summed E-state index contributed by atoms with van der Waals surface area (Å²) >= 11 is 1.21. The van der Waals surface area contributed by atoms with Gasteiger partial charge in [-0.3, -0.25) is 9.52 Å². The van der Waals surface area contributed by atoms with Crippen LogP contribution in [0.25, 0.3) is 31.9 Å². The summed E-state index contributed by atoms with van der Waals surface area (Å²) in [6, 6.07) is 9.48. The van der Waals surface area contributed by atoms with Crippen LogP contribution in [0.5, 0.6) is 11.5 Å². The average molecular weight is 573 g/mol. The lowest BCUT2D eigenvalue weighted by molar-refractivity contribution is 0.439. The van der Waals surface area contributed by atoms with Gasteiger partial charge in [0.1, 0.15) is 16.3 Å². The number of nitrogens with zero attached hydrogens (tertiary/aromatic N) is 2. The summed E-state index contributed by atoms with van der Waals surface area (Å²) in [7, 11) is -0.363. The second-order valence-corrected chi connectivity index (χ2v) is 11.5. The van der Waals surface area contributed by atoms with Crippen molar-refractivity contribution in [1.82, 2.24) is 9.55 Å². The third-order valence-electron chi connectivity index (χ3n) is 5.86. The van der Waals surface area contributed by atoms with E-state index in [0.29, 0.717) is 43.9 Å². The van der Waals surface area contributed by atoms with E-state index in [9.17, 15) is 22.0 Å². The predicted octanol–water partition coefficient (Wildman–Crippen LogP) is 5.80. The third kappa shape index (κ3) is 5.22. The van der Waals surface area contributed by atoms with Crippen LogP contribution >= 0.6 is 11.3 Å². The van der Waals surface area contributed by atoms with E-state index >= 15 is 0 Å². The summed E-state index contributed by atoms with van der Waals surface area (Å²) in [6.45, 7) is 1.50. The number of oxazole rings is 1. The first-order valence-corrected chi connectivity index (χ1v) is 14.1. The molecule has 0 bridgehead atoms. The molecule has 0 aliphatic heterocycles. The lowest BCUT2D eigenvalue weighted by Crippen LogP contribution is -2.16. The lowest BCUT2D eigenvalue weighted by Gasteiger charge is -2.16. The van der Waals surface area contributed by atoms with Crippen molar-refractivity contribution in [2.45, 2.75) is 6.92 Å². The van der Waals surface area contributed by atoms with Crippen molar-refractivity contribution in [1.29, 1.82) is 0 Å². The maximum atomic E-state index is 14.5. The Balaban J connectivity index is 1.73. The summed E-state index contributed by atoms with van der Waals surface area (Å²) < 4.78 is 68.4. The monoisotopic (exact) mass is 572 g/mol. The minimum Gasteiger partial charge on any atom is -0.454 e. The van der Waals surface area contributed by atoms with E-state index in [0.717, 1.165) is 12.1 Å². The molecule has 13 heteroatoms. The number of anilines is 2. The summed E-state index contributed by atoms with van der Waals surface area (Å²) in [5.74, 6) is -1.44. The molecule has 0 unspecified atom stereocenters. The summed E-state index contributed by atoms with van der Waals surface area (Å²) in [5, 5.41) is 3.35. The number of aryl methyl sites for hydroxylation is 1. The minimum absolute atomic E-state index is 0.148. The van der Waals surface area contributed by atoms with Crippen LogP contribution in [0.1, 0.15) is 6.92 Å². The molecule has 0 spiro atoms. The highest BCUT2D eigenvalue weighted by atomic mass is 32.2. The molecule has 202 valence electrons. The number of hydrogen-bond donors (Lipinski definition) is 2. The van der Waals surface area contributed by atoms with Gasteiger partial charge in [-0.1, -0.05) is 0 Å². The Bertz CT molecular complexity index is 1880. The zero-order valence-electron chi connectivity index (χ0n) is 20.9. The molecule has 0 atom stereocenters. The van der Waals surface area contributed by atoms with Gasteiger partial charge in [0.2, 0.25) is 10.0 Å². The molecule has 2 aromatic carbocycles. The summed E-state index contributed by atoms with van der Waals surface area (Å²) in [6.07, 6.45) is 3.12. The molecule has 0 saturated carbocycles. The zero-order chi connectivity index (χ0) is 27.9. The van der Waals surface area contributed by atoms with Gasteiger partial charge in [0.05, 0.1) is 16.8 Å². The average Bonchev–Trinajstić information content (AvgIpc) is 3.56. The number of sulfonamides is 1. The van der Waals surface area contributed by atoms with Crippen molar-refractivity contribution < 1.29 is 26.4 Å². The van der Waals surface area contributed by atoms with Gasteiger partial charge in [0.15, 0.2) is 17.3 Å². The number of thiophene rings is 1. The molecular formula is C26H22F2N4O5S2. The molecule has 39 heavy (non-hydrogen) atoms. The maximum absolute atomic E-state index is 14.5. The maximum Gasteiger partial charge on any atom is 0.294 e. The van der Waals surface area contributed by atoms with Crippen LogP contribution in [0.2, 0.25) is 0 Å². The van der Waals surface area contributed by atoms with Crippen LogP contribution < -0.4 is 20.3 Å². The second-order valence-electron chi connectivity index (χ2n) is 8.49. The second kappa shape index (κ2) is 10.2. The fourth-order valence-electron chi connectivity index (χ4n) is 3.89. The molecule has 9 nitrogen and oxygen atoms in total. The molecule has 0 amide bonds. The number of aromatic nitrogens is 2. The number of fused-ring (bicyclic) bond motifs is 1. The Hall–Kier alpha value is -4.23. The van der Waals surface area contributed by atoms with E-state index in [1.807, 2.05) is 0 Å². The van der Waals surface area contributed by atoms with Crippen molar-refractivity contribution in [2.75, 3.05) is 22.8 Å². The van der Waals surface area contributed by atoms with Gasteiger partial charge in [-0.2, -0.15) is 0 Å². The Labute approximate surface area is 225 Å². The number of benzene rings is 2. The predicted molar refractivity (Wildman–Crippen MR) is 147 cm³/mol. The quantitative estimate of drug-likeness (QED) is 0.242. The van der Waals surface area contributed by atoms with E-state index in [-0.39, 0.29) is 28.5 Å². The molecule has 0 saturated heterocycles. The van der Waals surface area contributed by atoms with E-state index in [2.05, 4.69) is 15.0 Å². The van der Waals surface area contributed by atoms with Gasteiger partial charge in [-0.05, 0) is 43.3 Å². The van der Waals surface area contributed by atoms with Crippen LogP contribution in [0.4, 0.5) is 20.5 Å². The van der Waals surface area contributed by atoms with Gasteiger partial charge in [-0.25, -0.2) is 22.2 Å². The van der Waals surface area contributed by atoms with Crippen molar-refractivity contribution >= 4 is 43.1 Å². The number of hydrogen-bond acceptors (Lipinski definition) is 8. The minimum atomic E-state index is -3.62. The van der Waals surface area contributed by atoms with Crippen LogP contribution in [0.15, 0.2) is 64.1 Å². The molecule has 3 heterocycles. The number of ether oxygens (including phenoxy) is 1. The highest BCUT2D eigenvalue weighted by Gasteiger charge is 2.21. The Morgan fingerprint density at radius 1 is 1.10 bits per heavy atom. The first-order chi connectivity index (χ1) is 18.6. The number of pyridine rings is 1. The molecule has 3 aromatic heterocycles. The smallest absolute Gasteiger partial charge is 0.294 e. The molecule has 0 aliphatic rings. The zero-order valence-corrected chi connectivity index (χ0v) is 22.5. The van der Waals surface area contributed by atoms with Crippen molar-refractivity contribution in [3.63, 3.8) is 0 Å². The van der Waals surface area contributed by atoms with Crippen LogP contribution in [-0.4, -0.2) is 30.8 Å². The fourth-order valence-corrected chi connectivity index (χ4v) is 5.62. The molecule has 2 N–H and O–H groups in total. The van der Waals surface area contributed by atoms with Gasteiger partial charge in [-0.15, -0.1) is 11.3 Å². The SMILES string of the molecule is CCS(=O)(=O)Nc1ccc(Oc2ccc(F)cc2F)c(-c2cn(C)c(=O)c3sc(-c4cnc(NC)o4)cc23)c1. The van der Waals surface area contributed by atoms with Crippen molar-refractivity contribution in [3.05, 3.63) is 76.8 Å². The lowest BCUT2D eigenvalue weighted by atomic mass is 10.0. The first kappa shape index (κ1) is 26.4. The van der Waals surface area contributed by atoms with Crippen molar-refractivity contribution in [3.8, 4) is 33.3 Å². The third-order valence-corrected chi connectivity index (χ3v) is 8.30. The van der Waals surface area contributed by atoms with E-state index in [1.165, 1.54) is 47.2 Å². The number of halogens is 2. The van der Waals surface area contributed by atoms with Crippen LogP contribution in [-0.2, 0) is 17.1 Å². The van der Waals surface area contributed by atoms with Crippen molar-refractivity contribution in [2.24, 2.45) is 7.05 Å². The van der Waals surface area contributed by atoms with Crippen LogP contribution in [0.3, 0.4) is 0 Å². The van der Waals surface area contributed by atoms with Gasteiger partial charge < -0.3 is 19.0 Å². The normalized spacial score (nSPS) is 11.6. The van der Waals surface area contributed by atoms with Gasteiger partial charge in [0.25, 0.3) is 11.6 Å². The number of nitrogens with one attached hydrogen (secondary N) is 2. The molecular weight excluding hydrogens is 550 g/mol. The molecule has 0 aliphatic carbocycles. The van der Waals surface area contributed by atoms with Gasteiger partial charge >= 0.3 is 0 Å². The van der Waals surface area contributed by atoms with Gasteiger partial charge in [0, 0.05) is 48.6 Å². The highest BCUT2D eigenvalue weighted by Crippen LogP contribution is 2.42. The largest absolute Gasteiger partial charge is 0.454 e. The highest BCUT2D eigenvalue weighted by molar-refractivity contribution is 7.92. The summed E-state index contributed by atoms with van der Waals surface area (Å²) in [4.78, 5) is 17.8. The van der Waals surface area contributed by atoms with Crippen LogP contribution in [0, 0.1) is 11.6 Å². The fraction of sp³-hybridized carbons (Fsp3) is 0.154. The standard InChI is InChI=1S/C26H22F2N4O5S2/c1-4-39(34,35)31-15-6-8-20(36-21-7-5-14(27)9-19(21)28)16(10-15)18-13-32(3)25(33)24-17(18)11-23(38-24)22-12-30-26(29-2)37-22/h5-13,31H,4H2,1-3H3,(H,29,30). The van der Waals surface area contributed by atoms with E-state index in [4.69, 9.17) is 9.15 Å². The number of rotatable bonds is 8. The molecule has 5 aromatic rings. The first-order valence-electron chi connectivity index (χ1n) is 11.6. The Morgan fingerprint density at radius 3 is 2.56 bits per heavy atom. The molecule has 5 rings (SSSR count). The Kier molecular flexibility index (Phi) is 6.87. The van der Waals surface area contributed by atoms with E-state index < -0.39 is 21.7 Å². The molecule has 0 radical (unpaired) electrons.